The predicted octanol–water partition coefficient (Wildman–Crippen LogP) is 7.87. The monoisotopic (exact) mass is 803 g/mol. The smallest absolute Gasteiger partial charge is 0.387 e. The van der Waals surface area contributed by atoms with Crippen LogP contribution < -0.4 is 19.5 Å². The van der Waals surface area contributed by atoms with Crippen molar-refractivity contribution in [2.24, 2.45) is 11.8 Å². The molecule has 0 amide bonds. The number of nitrogens with one attached hydrogen (secondary N) is 1. The summed E-state index contributed by atoms with van der Waals surface area (Å²) in [6.07, 6.45) is 6.17. The van der Waals surface area contributed by atoms with Crippen LogP contribution in [0.25, 0.3) is 0 Å². The molecule has 1 saturated heterocycles. The second kappa shape index (κ2) is 18.1. The third-order valence-electron chi connectivity index (χ3n) is 9.75. The topological polar surface area (TPSA) is 124 Å². The maximum absolute atomic E-state index is 13.6. The predicted molar refractivity (Wildman–Crippen MR) is 201 cm³/mol. The Bertz CT molecular complexity index is 1900. The number of hydrogen-bond donors (Lipinski definition) is 2. The van der Waals surface area contributed by atoms with Gasteiger partial charge in [0, 0.05) is 22.9 Å². The molecule has 2 aromatic heterocycles. The maximum atomic E-state index is 13.6. The van der Waals surface area contributed by atoms with Gasteiger partial charge in [0.2, 0.25) is 0 Å². The largest absolute Gasteiger partial charge is 0.619 e. The molecule has 2 fully saturated rings. The van der Waals surface area contributed by atoms with E-state index in [1.54, 1.807) is 18.2 Å². The van der Waals surface area contributed by atoms with E-state index >= 15 is 0 Å². The average Bonchev–Trinajstić information content (AvgIpc) is 3.87. The molecule has 6 rings (SSSR count). The first-order valence-electron chi connectivity index (χ1n) is 17.7. The first kappa shape index (κ1) is 39.7. The van der Waals surface area contributed by atoms with Crippen LogP contribution in [0.5, 0.6) is 11.5 Å². The van der Waals surface area contributed by atoms with Gasteiger partial charge in [0.05, 0.1) is 13.2 Å². The number of pyridine rings is 1. The van der Waals surface area contributed by atoms with Gasteiger partial charge in [-0.2, -0.15) is 13.5 Å². The zero-order valence-electron chi connectivity index (χ0n) is 29.5. The molecular weight excluding hydrogens is 763 g/mol. The van der Waals surface area contributed by atoms with Crippen molar-refractivity contribution in [2.75, 3.05) is 33.4 Å². The quantitative estimate of drug-likeness (QED) is 0.0624. The van der Waals surface area contributed by atoms with Crippen molar-refractivity contribution in [3.63, 3.8) is 0 Å². The summed E-state index contributed by atoms with van der Waals surface area (Å²) in [6, 6.07) is 14.6. The van der Waals surface area contributed by atoms with Crippen LogP contribution in [0.3, 0.4) is 0 Å². The lowest BCUT2D eigenvalue weighted by Crippen LogP contribution is -2.34. The minimum Gasteiger partial charge on any atom is -0.619 e. The molecule has 4 aromatic rings. The number of esters is 1. The van der Waals surface area contributed by atoms with Crippen molar-refractivity contribution in [2.45, 2.75) is 57.2 Å². The minimum absolute atomic E-state index is 0.0216. The molecule has 3 heterocycles. The van der Waals surface area contributed by atoms with E-state index in [2.05, 4.69) is 17.3 Å². The Morgan fingerprint density at radius 2 is 1.67 bits per heavy atom. The van der Waals surface area contributed by atoms with Gasteiger partial charge in [0.25, 0.3) is 0 Å². The maximum Gasteiger partial charge on any atom is 0.387 e. The highest BCUT2D eigenvalue weighted by Crippen LogP contribution is 2.42. The van der Waals surface area contributed by atoms with E-state index in [9.17, 15) is 28.7 Å². The van der Waals surface area contributed by atoms with E-state index < -0.39 is 30.5 Å². The van der Waals surface area contributed by atoms with Gasteiger partial charge in [-0.25, -0.2) is 9.59 Å². The number of thiophene rings is 1. The number of alkyl halides is 2. The number of likely N-dealkylation sites (tertiary alicyclic amines) is 1. The summed E-state index contributed by atoms with van der Waals surface area (Å²) in [5.41, 5.74) is 2.01. The number of benzene rings is 2. The standard InChI is InChI=1S/C39H41Cl2F2N3O7S/c1-45-13-11-24(12-14-45)22-52-38(49)35(25-5-3-2-4-6-25)44-18-27-16-29(36(54-27)37(47)48)28(17-30-31(40)19-46(50)20-32(30)41)26-9-10-33(53-39(42)43)34(15-26)51-21-23-7-8-23/h2-6,9-10,15-16,19-20,23-24,28,35,39,44H,7-8,11-14,17-18,21-22H2,1H3,(H,47,48)/t28-,35?/m0/s1. The molecule has 2 aromatic carbocycles. The molecule has 54 heavy (non-hydrogen) atoms. The molecule has 288 valence electrons. The first-order chi connectivity index (χ1) is 25.9. The van der Waals surface area contributed by atoms with Gasteiger partial charge < -0.3 is 29.4 Å². The lowest BCUT2D eigenvalue weighted by atomic mass is 9.85. The number of carboxylic acid groups (broad SMARTS) is 1. The van der Waals surface area contributed by atoms with Crippen LogP contribution in [0.4, 0.5) is 8.78 Å². The number of piperidine rings is 1. The molecule has 2 N–H and O–H groups in total. The summed E-state index contributed by atoms with van der Waals surface area (Å²) in [5, 5.41) is 26.0. The van der Waals surface area contributed by atoms with Gasteiger partial charge in [-0.15, -0.1) is 11.3 Å². The Morgan fingerprint density at radius 1 is 0.981 bits per heavy atom. The molecule has 0 bridgehead atoms. The molecule has 0 spiro atoms. The van der Waals surface area contributed by atoms with Gasteiger partial charge in [0.1, 0.15) is 21.0 Å². The van der Waals surface area contributed by atoms with E-state index in [1.165, 1.54) is 6.07 Å². The van der Waals surface area contributed by atoms with Crippen LogP contribution >= 0.6 is 34.5 Å². The Kier molecular flexibility index (Phi) is 13.3. The van der Waals surface area contributed by atoms with E-state index in [0.29, 0.717) is 51.0 Å². The summed E-state index contributed by atoms with van der Waals surface area (Å²) in [6.45, 7) is -0.450. The van der Waals surface area contributed by atoms with Crippen LogP contribution in [0.1, 0.15) is 74.4 Å². The Balaban J connectivity index is 1.32. The number of halogens is 4. The Hall–Kier alpha value is -4.01. The van der Waals surface area contributed by atoms with E-state index in [-0.39, 0.29) is 45.3 Å². The van der Waals surface area contributed by atoms with Crippen molar-refractivity contribution < 1.29 is 42.4 Å². The Morgan fingerprint density at radius 3 is 2.31 bits per heavy atom. The van der Waals surface area contributed by atoms with Crippen LogP contribution in [0.2, 0.25) is 10.0 Å². The highest BCUT2D eigenvalue weighted by molar-refractivity contribution is 7.14. The van der Waals surface area contributed by atoms with Crippen LogP contribution in [0, 0.1) is 17.0 Å². The van der Waals surface area contributed by atoms with Crippen LogP contribution in [-0.2, 0) is 22.5 Å². The van der Waals surface area contributed by atoms with Crippen LogP contribution in [0.15, 0.2) is 67.0 Å². The zero-order chi connectivity index (χ0) is 38.4. The number of aromatic carboxylic acids is 1. The molecule has 2 aliphatic rings. The SMILES string of the molecule is CN1CCC(COC(=O)C(NCc2cc([C@@H](Cc3c(Cl)c[n+]([O-])cc3Cl)c3ccc(OC(F)F)c(OCC4CC4)c3)c(C(=O)O)s2)c2ccccc2)CC1. The highest BCUT2D eigenvalue weighted by Gasteiger charge is 2.30. The molecular formula is C39H41Cl2F2N3O7S. The minimum atomic E-state index is -3.09. The fraction of sp³-hybridized carbons (Fsp3) is 0.410. The first-order valence-corrected chi connectivity index (χ1v) is 19.3. The molecule has 1 saturated carbocycles. The van der Waals surface area contributed by atoms with Gasteiger partial charge in [-0.1, -0.05) is 59.6 Å². The zero-order valence-corrected chi connectivity index (χ0v) is 31.8. The number of rotatable bonds is 17. The van der Waals surface area contributed by atoms with E-state index in [1.807, 2.05) is 30.3 Å². The summed E-state index contributed by atoms with van der Waals surface area (Å²) >= 11 is 14.1. The summed E-state index contributed by atoms with van der Waals surface area (Å²) < 4.78 is 43.8. The van der Waals surface area contributed by atoms with Gasteiger partial charge in [-0.3, -0.25) is 5.32 Å². The fourth-order valence-electron chi connectivity index (χ4n) is 6.55. The van der Waals surface area contributed by atoms with E-state index in [4.69, 9.17) is 37.4 Å². The second-order valence-electron chi connectivity index (χ2n) is 13.8. The normalized spacial score (nSPS) is 16.3. The van der Waals surface area contributed by atoms with Gasteiger partial charge in [0.15, 0.2) is 23.9 Å². The summed E-state index contributed by atoms with van der Waals surface area (Å²) in [5.74, 6) is -1.84. The number of hydrogen-bond acceptors (Lipinski definition) is 9. The van der Waals surface area contributed by atoms with Crippen LogP contribution in [-0.4, -0.2) is 61.9 Å². The third-order valence-corrected chi connectivity index (χ3v) is 11.5. The average molecular weight is 805 g/mol. The van der Waals surface area contributed by atoms with Crippen molar-refractivity contribution >= 4 is 46.5 Å². The summed E-state index contributed by atoms with van der Waals surface area (Å²) in [4.78, 5) is 29.3. The fourth-order valence-corrected chi connectivity index (χ4v) is 8.15. The number of carboxylic acids is 1. The lowest BCUT2D eigenvalue weighted by molar-refractivity contribution is -0.605. The van der Waals surface area contributed by atoms with E-state index in [0.717, 1.165) is 62.5 Å². The summed E-state index contributed by atoms with van der Waals surface area (Å²) in [7, 11) is 2.07. The molecule has 10 nitrogen and oxygen atoms in total. The molecule has 2 atom stereocenters. The highest BCUT2D eigenvalue weighted by atomic mass is 35.5. The second-order valence-corrected chi connectivity index (χ2v) is 15.7. The molecule has 0 radical (unpaired) electrons. The number of ether oxygens (including phenoxy) is 3. The molecule has 15 heteroatoms. The number of carbonyl (C=O) groups excluding carboxylic acids is 1. The number of aromatic nitrogens is 1. The van der Waals surface area contributed by atoms with Crippen molar-refractivity contribution in [1.29, 1.82) is 0 Å². The van der Waals surface area contributed by atoms with Gasteiger partial charge in [-0.05, 0) is 99.0 Å². The molecule has 1 unspecified atom stereocenters. The third kappa shape index (κ3) is 10.4. The van der Waals surface area contributed by atoms with Crippen molar-refractivity contribution in [3.8, 4) is 11.5 Å². The van der Waals surface area contributed by atoms with Crippen molar-refractivity contribution in [1.82, 2.24) is 10.2 Å². The Labute approximate surface area is 326 Å². The molecule has 1 aliphatic heterocycles. The number of carbonyl (C=O) groups is 2. The van der Waals surface area contributed by atoms with Crippen molar-refractivity contribution in [3.05, 3.63) is 114 Å². The van der Waals surface area contributed by atoms with Gasteiger partial charge >= 0.3 is 18.6 Å². The number of nitrogens with zero attached hydrogens (tertiary/aromatic N) is 2. The lowest BCUT2D eigenvalue weighted by Gasteiger charge is -2.29. The molecule has 1 aliphatic carbocycles.